The van der Waals surface area contributed by atoms with Gasteiger partial charge in [0, 0.05) is 34.5 Å². The molecule has 8 rings (SSSR count). The number of fused-ring (bicyclic) bond motifs is 3. The molecule has 0 bridgehead atoms. The molecular formula is C42H31N3. The predicted molar refractivity (Wildman–Crippen MR) is 185 cm³/mol. The summed E-state index contributed by atoms with van der Waals surface area (Å²) in [6.45, 7) is 4.66. The molecule has 0 radical (unpaired) electrons. The van der Waals surface area contributed by atoms with Gasteiger partial charge in [0.15, 0.2) is 5.82 Å². The van der Waals surface area contributed by atoms with E-state index in [1.807, 2.05) is 48.8 Å². The number of rotatable bonds is 5. The van der Waals surface area contributed by atoms with Crippen LogP contribution in [-0.2, 0) is 5.41 Å². The van der Waals surface area contributed by atoms with Crippen LogP contribution in [0.5, 0.6) is 0 Å². The molecule has 5 aromatic carbocycles. The van der Waals surface area contributed by atoms with E-state index in [1.165, 1.54) is 33.4 Å². The van der Waals surface area contributed by atoms with Crippen molar-refractivity contribution in [2.45, 2.75) is 19.3 Å². The molecule has 0 amide bonds. The normalized spacial score (nSPS) is 12.8. The molecule has 2 heterocycles. The Labute approximate surface area is 264 Å². The molecule has 0 aliphatic heterocycles. The number of pyridine rings is 1. The Balaban J connectivity index is 1.34. The zero-order valence-electron chi connectivity index (χ0n) is 25.3. The van der Waals surface area contributed by atoms with Crippen molar-refractivity contribution in [1.29, 1.82) is 0 Å². The van der Waals surface area contributed by atoms with Crippen LogP contribution >= 0.6 is 0 Å². The van der Waals surface area contributed by atoms with E-state index in [0.29, 0.717) is 5.82 Å². The highest BCUT2D eigenvalue weighted by molar-refractivity contribution is 6.00. The lowest BCUT2D eigenvalue weighted by molar-refractivity contribution is 0.660. The van der Waals surface area contributed by atoms with E-state index in [1.54, 1.807) is 0 Å². The minimum atomic E-state index is -0.0866. The van der Waals surface area contributed by atoms with Crippen LogP contribution in [0, 0.1) is 0 Å². The fourth-order valence-corrected chi connectivity index (χ4v) is 6.77. The van der Waals surface area contributed by atoms with E-state index in [2.05, 4.69) is 122 Å². The van der Waals surface area contributed by atoms with Crippen molar-refractivity contribution in [3.8, 4) is 67.3 Å². The van der Waals surface area contributed by atoms with Crippen molar-refractivity contribution in [3.63, 3.8) is 0 Å². The minimum absolute atomic E-state index is 0.0866. The van der Waals surface area contributed by atoms with Crippen LogP contribution in [0.25, 0.3) is 67.3 Å². The molecule has 3 heteroatoms. The summed E-state index contributed by atoms with van der Waals surface area (Å²) in [5.74, 6) is 0.714. The standard InChI is InChI=1S/C42H31N3/c1-42(2)35-19-10-9-18-34(35)40-36(42)21-20-33(39(40)29-22-24-43-25-23-29)31-16-11-17-32(26-31)38-27-37(28-12-5-3-6-13-28)44-41(45-38)30-14-7-4-8-15-30/h3-27H,1-2H3. The predicted octanol–water partition coefficient (Wildman–Crippen LogP) is 10.5. The van der Waals surface area contributed by atoms with Crippen molar-refractivity contribution in [1.82, 2.24) is 15.0 Å². The molecule has 0 saturated heterocycles. The second-order valence-corrected chi connectivity index (χ2v) is 12.1. The largest absolute Gasteiger partial charge is 0.265 e. The highest BCUT2D eigenvalue weighted by Gasteiger charge is 2.37. The van der Waals surface area contributed by atoms with Crippen molar-refractivity contribution >= 4 is 0 Å². The van der Waals surface area contributed by atoms with Gasteiger partial charge in [0.05, 0.1) is 11.4 Å². The average Bonchev–Trinajstić information content (AvgIpc) is 3.35. The van der Waals surface area contributed by atoms with E-state index in [0.717, 1.165) is 39.2 Å². The van der Waals surface area contributed by atoms with Gasteiger partial charge in [-0.2, -0.15) is 0 Å². The average molecular weight is 578 g/mol. The first-order valence-electron chi connectivity index (χ1n) is 15.4. The minimum Gasteiger partial charge on any atom is -0.265 e. The van der Waals surface area contributed by atoms with Gasteiger partial charge in [-0.25, -0.2) is 9.97 Å². The van der Waals surface area contributed by atoms with E-state index in [4.69, 9.17) is 9.97 Å². The first kappa shape index (κ1) is 26.9. The van der Waals surface area contributed by atoms with Crippen LogP contribution in [-0.4, -0.2) is 15.0 Å². The van der Waals surface area contributed by atoms with Crippen LogP contribution in [0.2, 0.25) is 0 Å². The smallest absolute Gasteiger partial charge is 0.160 e. The number of hydrogen-bond donors (Lipinski definition) is 0. The number of aromatic nitrogens is 3. The Hall–Kier alpha value is -5.67. The highest BCUT2D eigenvalue weighted by atomic mass is 14.9. The Morgan fingerprint density at radius 3 is 1.80 bits per heavy atom. The summed E-state index contributed by atoms with van der Waals surface area (Å²) in [4.78, 5) is 14.4. The molecule has 1 aliphatic carbocycles. The van der Waals surface area contributed by atoms with Crippen molar-refractivity contribution in [2.24, 2.45) is 0 Å². The second-order valence-electron chi connectivity index (χ2n) is 12.1. The summed E-state index contributed by atoms with van der Waals surface area (Å²) in [5, 5.41) is 0. The zero-order chi connectivity index (χ0) is 30.4. The molecule has 7 aromatic rings. The molecule has 45 heavy (non-hydrogen) atoms. The van der Waals surface area contributed by atoms with Crippen LogP contribution in [0.1, 0.15) is 25.0 Å². The van der Waals surface area contributed by atoms with Gasteiger partial charge in [-0.15, -0.1) is 0 Å². The van der Waals surface area contributed by atoms with Gasteiger partial charge in [0.2, 0.25) is 0 Å². The first-order valence-corrected chi connectivity index (χ1v) is 15.4. The Kier molecular flexibility index (Phi) is 6.46. The van der Waals surface area contributed by atoms with Gasteiger partial charge in [0.25, 0.3) is 0 Å². The second kappa shape index (κ2) is 10.8. The molecule has 2 aromatic heterocycles. The van der Waals surface area contributed by atoms with Crippen molar-refractivity contribution < 1.29 is 0 Å². The molecule has 0 unspecified atom stereocenters. The monoisotopic (exact) mass is 577 g/mol. The molecule has 0 spiro atoms. The van der Waals surface area contributed by atoms with Crippen LogP contribution in [0.4, 0.5) is 0 Å². The van der Waals surface area contributed by atoms with Gasteiger partial charge in [-0.3, -0.25) is 4.98 Å². The van der Waals surface area contributed by atoms with Gasteiger partial charge in [-0.1, -0.05) is 129 Å². The van der Waals surface area contributed by atoms with Crippen LogP contribution in [0.15, 0.2) is 152 Å². The lowest BCUT2D eigenvalue weighted by Crippen LogP contribution is -2.14. The zero-order valence-corrected chi connectivity index (χ0v) is 25.3. The van der Waals surface area contributed by atoms with E-state index in [9.17, 15) is 0 Å². The molecular weight excluding hydrogens is 546 g/mol. The summed E-state index contributed by atoms with van der Waals surface area (Å²) >= 11 is 0. The van der Waals surface area contributed by atoms with E-state index >= 15 is 0 Å². The van der Waals surface area contributed by atoms with Crippen molar-refractivity contribution in [3.05, 3.63) is 163 Å². The van der Waals surface area contributed by atoms with Gasteiger partial charge in [-0.05, 0) is 68.8 Å². The van der Waals surface area contributed by atoms with Crippen molar-refractivity contribution in [2.75, 3.05) is 0 Å². The topological polar surface area (TPSA) is 38.7 Å². The van der Waals surface area contributed by atoms with E-state index < -0.39 is 0 Å². The quantitative estimate of drug-likeness (QED) is 0.204. The van der Waals surface area contributed by atoms with Gasteiger partial charge in [0.1, 0.15) is 0 Å². The maximum Gasteiger partial charge on any atom is 0.160 e. The Morgan fingerprint density at radius 1 is 0.422 bits per heavy atom. The third kappa shape index (κ3) is 4.65. The maximum atomic E-state index is 5.10. The molecule has 0 saturated carbocycles. The Morgan fingerprint density at radius 2 is 1.04 bits per heavy atom. The molecule has 214 valence electrons. The Bertz CT molecular complexity index is 2110. The third-order valence-electron chi connectivity index (χ3n) is 9.01. The fourth-order valence-electron chi connectivity index (χ4n) is 6.77. The summed E-state index contributed by atoms with van der Waals surface area (Å²) in [6.07, 6.45) is 3.77. The molecule has 0 N–H and O–H groups in total. The first-order chi connectivity index (χ1) is 22.1. The molecule has 0 atom stereocenters. The number of hydrogen-bond acceptors (Lipinski definition) is 3. The van der Waals surface area contributed by atoms with E-state index in [-0.39, 0.29) is 5.41 Å². The van der Waals surface area contributed by atoms with Crippen LogP contribution in [0.3, 0.4) is 0 Å². The van der Waals surface area contributed by atoms with Gasteiger partial charge < -0.3 is 0 Å². The van der Waals surface area contributed by atoms with Crippen LogP contribution < -0.4 is 0 Å². The summed E-state index contributed by atoms with van der Waals surface area (Å²) in [7, 11) is 0. The summed E-state index contributed by atoms with van der Waals surface area (Å²) in [5.41, 5.74) is 14.9. The number of benzene rings is 5. The molecule has 0 fully saturated rings. The number of nitrogens with zero attached hydrogens (tertiary/aromatic N) is 3. The summed E-state index contributed by atoms with van der Waals surface area (Å²) < 4.78 is 0. The lowest BCUT2D eigenvalue weighted by atomic mass is 9.80. The maximum absolute atomic E-state index is 5.10. The fraction of sp³-hybridized carbons (Fsp3) is 0.0714. The third-order valence-corrected chi connectivity index (χ3v) is 9.01. The molecule has 3 nitrogen and oxygen atoms in total. The molecule has 1 aliphatic rings. The van der Waals surface area contributed by atoms with Gasteiger partial charge >= 0.3 is 0 Å². The highest BCUT2D eigenvalue weighted by Crippen LogP contribution is 2.54. The SMILES string of the molecule is CC1(C)c2ccccc2-c2c1ccc(-c1cccc(-c3cc(-c4ccccc4)nc(-c4ccccc4)n3)c1)c2-c1ccncc1. The summed E-state index contributed by atoms with van der Waals surface area (Å²) in [6, 6.07) is 49.1. The lowest BCUT2D eigenvalue weighted by Gasteiger charge is -2.23.